The number of aromatic nitrogens is 2. The Hall–Kier alpha value is -3.94. The lowest BCUT2D eigenvalue weighted by molar-refractivity contribution is -0.118. The van der Waals surface area contributed by atoms with Crippen molar-refractivity contribution >= 4 is 17.5 Å². The third kappa shape index (κ3) is 5.77. The fourth-order valence-corrected chi connectivity index (χ4v) is 2.57. The molecular weight excluding hydrogens is 372 g/mol. The van der Waals surface area contributed by atoms with Gasteiger partial charge in [-0.1, -0.05) is 30.3 Å². The van der Waals surface area contributed by atoms with Crippen LogP contribution in [0.4, 0.5) is 5.69 Å². The summed E-state index contributed by atoms with van der Waals surface area (Å²) in [5, 5.41) is 6.98. The van der Waals surface area contributed by atoms with Crippen molar-refractivity contribution in [2.45, 2.75) is 13.0 Å². The van der Waals surface area contributed by atoms with Crippen molar-refractivity contribution < 1.29 is 14.3 Å². The molecule has 1 aromatic heterocycles. The molecule has 0 saturated carbocycles. The van der Waals surface area contributed by atoms with Crippen LogP contribution in [0.2, 0.25) is 0 Å². The Bertz CT molecular complexity index is 1050. The second-order valence-corrected chi connectivity index (χ2v) is 6.22. The molecule has 2 amide bonds. The molecule has 29 heavy (non-hydrogen) atoms. The zero-order valence-corrected chi connectivity index (χ0v) is 15.6. The maximum atomic E-state index is 12.3. The molecular formula is C21H20N4O4. The third-order valence-electron chi connectivity index (χ3n) is 3.98. The van der Waals surface area contributed by atoms with E-state index in [9.17, 15) is 14.4 Å². The highest BCUT2D eigenvalue weighted by molar-refractivity contribution is 5.90. The number of hydrogen-bond donors (Lipinski definition) is 2. The highest BCUT2D eigenvalue weighted by atomic mass is 16.5. The van der Waals surface area contributed by atoms with Gasteiger partial charge in [0.2, 0.25) is 11.8 Å². The fraction of sp³-hybridized carbons (Fsp3) is 0.143. The van der Waals surface area contributed by atoms with Crippen LogP contribution in [0, 0.1) is 0 Å². The van der Waals surface area contributed by atoms with Gasteiger partial charge in [-0.25, -0.2) is 4.68 Å². The predicted octanol–water partition coefficient (Wildman–Crippen LogP) is 1.80. The van der Waals surface area contributed by atoms with E-state index < -0.39 is 5.91 Å². The normalized spacial score (nSPS) is 10.3. The van der Waals surface area contributed by atoms with Crippen LogP contribution in [0.1, 0.15) is 6.42 Å². The van der Waals surface area contributed by atoms with Crippen LogP contribution in [0.3, 0.4) is 0 Å². The number of anilines is 1. The monoisotopic (exact) mass is 392 g/mol. The highest BCUT2D eigenvalue weighted by Crippen LogP contribution is 2.16. The summed E-state index contributed by atoms with van der Waals surface area (Å²) < 4.78 is 6.50. The maximum Gasteiger partial charge on any atom is 0.267 e. The Morgan fingerprint density at radius 1 is 1.00 bits per heavy atom. The second-order valence-electron chi connectivity index (χ2n) is 6.22. The van der Waals surface area contributed by atoms with Gasteiger partial charge < -0.3 is 15.8 Å². The van der Waals surface area contributed by atoms with E-state index in [4.69, 9.17) is 10.5 Å². The summed E-state index contributed by atoms with van der Waals surface area (Å²) in [5.41, 5.74) is 6.70. The molecule has 0 atom stereocenters. The Kier molecular flexibility index (Phi) is 6.36. The first kappa shape index (κ1) is 19.8. The van der Waals surface area contributed by atoms with E-state index in [1.54, 1.807) is 30.3 Å². The van der Waals surface area contributed by atoms with Crippen LogP contribution in [0.25, 0.3) is 11.3 Å². The van der Waals surface area contributed by atoms with Crippen LogP contribution < -0.4 is 21.3 Å². The highest BCUT2D eigenvalue weighted by Gasteiger charge is 2.09. The molecule has 148 valence electrons. The number of nitrogens with two attached hydrogens (primary N) is 1. The lowest BCUT2D eigenvalue weighted by Gasteiger charge is -2.09. The fourth-order valence-electron chi connectivity index (χ4n) is 2.57. The minimum absolute atomic E-state index is 0.127. The van der Waals surface area contributed by atoms with Crippen LogP contribution in [-0.2, 0) is 16.1 Å². The zero-order valence-electron chi connectivity index (χ0n) is 15.6. The second kappa shape index (κ2) is 9.32. The van der Waals surface area contributed by atoms with Crippen molar-refractivity contribution in [1.29, 1.82) is 0 Å². The first-order valence-electron chi connectivity index (χ1n) is 8.96. The van der Waals surface area contributed by atoms with Crippen molar-refractivity contribution in [2.24, 2.45) is 5.73 Å². The summed E-state index contributed by atoms with van der Waals surface area (Å²) in [7, 11) is 0. The number of amides is 2. The molecule has 3 N–H and O–H groups in total. The molecule has 0 bridgehead atoms. The number of rotatable bonds is 8. The molecule has 8 heteroatoms. The third-order valence-corrected chi connectivity index (χ3v) is 3.98. The number of ether oxygens (including phenoxy) is 1. The van der Waals surface area contributed by atoms with Gasteiger partial charge in [-0.2, -0.15) is 5.10 Å². The van der Waals surface area contributed by atoms with Crippen molar-refractivity contribution in [2.75, 3.05) is 11.9 Å². The summed E-state index contributed by atoms with van der Waals surface area (Å²) in [5.74, 6) is -0.265. The molecule has 2 aromatic carbocycles. The number of nitrogens with zero attached hydrogens (tertiary/aromatic N) is 2. The van der Waals surface area contributed by atoms with Gasteiger partial charge in [0.1, 0.15) is 12.3 Å². The number of primary amides is 1. The van der Waals surface area contributed by atoms with Gasteiger partial charge in [-0.05, 0) is 30.3 Å². The first-order chi connectivity index (χ1) is 14.0. The van der Waals surface area contributed by atoms with Crippen LogP contribution >= 0.6 is 0 Å². The molecule has 3 aromatic rings. The van der Waals surface area contributed by atoms with E-state index in [-0.39, 0.29) is 31.0 Å². The molecule has 0 spiro atoms. The summed E-state index contributed by atoms with van der Waals surface area (Å²) in [4.78, 5) is 35.1. The lowest BCUT2D eigenvalue weighted by Crippen LogP contribution is -2.29. The Morgan fingerprint density at radius 2 is 1.72 bits per heavy atom. The summed E-state index contributed by atoms with van der Waals surface area (Å²) in [6, 6.07) is 19.1. The molecule has 0 aliphatic carbocycles. The minimum Gasteiger partial charge on any atom is -0.493 e. The standard InChI is InChI=1S/C21H20N4O4/c22-19(26)12-13-29-17-8-6-16(7-9-17)23-20(27)14-25-21(28)11-10-18(24-25)15-4-2-1-3-5-15/h1-11H,12-14H2,(H2,22,26)(H,23,27). The number of carbonyl (C=O) groups excluding carboxylic acids is 2. The predicted molar refractivity (Wildman–Crippen MR) is 108 cm³/mol. The van der Waals surface area contributed by atoms with Crippen LogP contribution in [0.5, 0.6) is 5.75 Å². The first-order valence-corrected chi connectivity index (χ1v) is 8.96. The SMILES string of the molecule is NC(=O)CCOc1ccc(NC(=O)Cn2nc(-c3ccccc3)ccc2=O)cc1. The van der Waals surface area contributed by atoms with Gasteiger partial charge in [0.05, 0.1) is 18.7 Å². The Labute approximate surface area is 166 Å². The van der Waals surface area contributed by atoms with Crippen molar-refractivity contribution in [3.63, 3.8) is 0 Å². The van der Waals surface area contributed by atoms with Gasteiger partial charge in [-0.3, -0.25) is 14.4 Å². The van der Waals surface area contributed by atoms with E-state index >= 15 is 0 Å². The molecule has 0 saturated heterocycles. The topological polar surface area (TPSA) is 116 Å². The Morgan fingerprint density at radius 3 is 2.41 bits per heavy atom. The zero-order chi connectivity index (χ0) is 20.6. The molecule has 0 unspecified atom stereocenters. The molecule has 0 fully saturated rings. The smallest absolute Gasteiger partial charge is 0.267 e. The summed E-state index contributed by atoms with van der Waals surface area (Å²) >= 11 is 0. The molecule has 0 radical (unpaired) electrons. The van der Waals surface area contributed by atoms with E-state index in [1.165, 1.54) is 6.07 Å². The molecule has 0 aliphatic heterocycles. The number of nitrogens with one attached hydrogen (secondary N) is 1. The van der Waals surface area contributed by atoms with E-state index in [2.05, 4.69) is 10.4 Å². The molecule has 8 nitrogen and oxygen atoms in total. The summed E-state index contributed by atoms with van der Waals surface area (Å²) in [6.45, 7) is -0.0241. The summed E-state index contributed by atoms with van der Waals surface area (Å²) in [6.07, 6.45) is 0.127. The lowest BCUT2D eigenvalue weighted by atomic mass is 10.1. The van der Waals surface area contributed by atoms with Crippen LogP contribution in [-0.4, -0.2) is 28.2 Å². The molecule has 0 aliphatic rings. The number of benzene rings is 2. The Balaban J connectivity index is 1.62. The van der Waals surface area contributed by atoms with E-state index in [0.29, 0.717) is 17.1 Å². The minimum atomic E-state index is -0.436. The van der Waals surface area contributed by atoms with Gasteiger partial charge in [0.25, 0.3) is 5.56 Å². The van der Waals surface area contributed by atoms with Gasteiger partial charge >= 0.3 is 0 Å². The quantitative estimate of drug-likeness (QED) is 0.606. The average molecular weight is 392 g/mol. The van der Waals surface area contributed by atoms with E-state index in [0.717, 1.165) is 10.2 Å². The van der Waals surface area contributed by atoms with Gasteiger partial charge in [0, 0.05) is 17.3 Å². The van der Waals surface area contributed by atoms with Crippen molar-refractivity contribution in [3.8, 4) is 17.0 Å². The van der Waals surface area contributed by atoms with Gasteiger partial charge in [-0.15, -0.1) is 0 Å². The number of carbonyl (C=O) groups is 2. The molecule has 3 rings (SSSR count). The maximum absolute atomic E-state index is 12.3. The van der Waals surface area contributed by atoms with Crippen LogP contribution in [0.15, 0.2) is 71.5 Å². The number of hydrogen-bond acceptors (Lipinski definition) is 5. The largest absolute Gasteiger partial charge is 0.493 e. The van der Waals surface area contributed by atoms with Crippen molar-refractivity contribution in [3.05, 3.63) is 77.1 Å². The molecule has 1 heterocycles. The van der Waals surface area contributed by atoms with Crippen molar-refractivity contribution in [1.82, 2.24) is 9.78 Å². The van der Waals surface area contributed by atoms with E-state index in [1.807, 2.05) is 30.3 Å². The van der Waals surface area contributed by atoms with Gasteiger partial charge in [0.15, 0.2) is 0 Å². The average Bonchev–Trinajstić information content (AvgIpc) is 2.71.